The van der Waals surface area contributed by atoms with Crippen molar-refractivity contribution in [2.24, 2.45) is 0 Å². The summed E-state index contributed by atoms with van der Waals surface area (Å²) in [6.07, 6.45) is 4.53. The van der Waals surface area contributed by atoms with Gasteiger partial charge in [0.15, 0.2) is 0 Å². The Hall–Kier alpha value is -1.13. The maximum absolute atomic E-state index is 10.5. The van der Waals surface area contributed by atoms with E-state index < -0.39 is 5.97 Å². The van der Waals surface area contributed by atoms with Gasteiger partial charge in [0.2, 0.25) is 0 Å². The summed E-state index contributed by atoms with van der Waals surface area (Å²) in [6.45, 7) is 0.580. The molecular formula is C12H13ClO3S. The Morgan fingerprint density at radius 2 is 2.35 bits per heavy atom. The van der Waals surface area contributed by atoms with E-state index in [-0.39, 0.29) is 0 Å². The smallest absolute Gasteiger partial charge is 0.328 e. The van der Waals surface area contributed by atoms with E-state index >= 15 is 0 Å². The van der Waals surface area contributed by atoms with Crippen LogP contribution < -0.4 is 4.74 Å². The van der Waals surface area contributed by atoms with Gasteiger partial charge in [-0.25, -0.2) is 4.79 Å². The molecule has 0 aliphatic rings. The van der Waals surface area contributed by atoms with Crippen LogP contribution in [-0.4, -0.2) is 29.7 Å². The number of carboxylic acid groups (broad SMARTS) is 1. The Kier molecular flexibility index (Phi) is 5.94. The third kappa shape index (κ3) is 5.15. The lowest BCUT2D eigenvalue weighted by Crippen LogP contribution is -2.01. The number of ether oxygens (including phenoxy) is 1. The van der Waals surface area contributed by atoms with E-state index in [0.29, 0.717) is 22.9 Å². The van der Waals surface area contributed by atoms with Gasteiger partial charge in [0, 0.05) is 22.4 Å². The van der Waals surface area contributed by atoms with E-state index in [2.05, 4.69) is 0 Å². The number of hydrogen-bond acceptors (Lipinski definition) is 3. The van der Waals surface area contributed by atoms with Crippen LogP contribution in [0.2, 0.25) is 5.02 Å². The van der Waals surface area contributed by atoms with Gasteiger partial charge in [-0.2, -0.15) is 11.8 Å². The van der Waals surface area contributed by atoms with Gasteiger partial charge in [0.05, 0.1) is 6.61 Å². The summed E-state index contributed by atoms with van der Waals surface area (Å²) < 4.78 is 5.54. The van der Waals surface area contributed by atoms with E-state index in [9.17, 15) is 4.79 Å². The fourth-order valence-corrected chi connectivity index (χ4v) is 1.61. The Morgan fingerprint density at radius 1 is 1.59 bits per heavy atom. The molecule has 0 aliphatic heterocycles. The highest BCUT2D eigenvalue weighted by Gasteiger charge is 2.02. The summed E-state index contributed by atoms with van der Waals surface area (Å²) in [4.78, 5) is 10.5. The number of carboxylic acids is 1. The highest BCUT2D eigenvalue weighted by molar-refractivity contribution is 7.98. The molecule has 0 aliphatic carbocycles. The van der Waals surface area contributed by atoms with E-state index in [1.54, 1.807) is 30.0 Å². The Labute approximate surface area is 109 Å². The molecule has 0 radical (unpaired) electrons. The monoisotopic (exact) mass is 272 g/mol. The quantitative estimate of drug-likeness (QED) is 0.638. The second-order valence-corrected chi connectivity index (χ2v) is 4.62. The molecule has 0 atom stereocenters. The summed E-state index contributed by atoms with van der Waals surface area (Å²) in [6, 6.07) is 5.13. The molecule has 0 fully saturated rings. The highest BCUT2D eigenvalue weighted by Crippen LogP contribution is 2.24. The van der Waals surface area contributed by atoms with Gasteiger partial charge >= 0.3 is 5.97 Å². The van der Waals surface area contributed by atoms with Crippen LogP contribution in [0.3, 0.4) is 0 Å². The molecule has 0 aromatic heterocycles. The average molecular weight is 273 g/mol. The van der Waals surface area contributed by atoms with E-state index in [0.717, 1.165) is 11.8 Å². The number of benzene rings is 1. The molecule has 0 amide bonds. The van der Waals surface area contributed by atoms with Crippen molar-refractivity contribution in [1.82, 2.24) is 0 Å². The molecule has 0 saturated carbocycles. The Bertz CT molecular complexity index is 418. The molecule has 1 N–H and O–H groups in total. The standard InChI is InChI=1S/C12H13ClO3S/c1-17-7-6-16-11-4-3-10(13)8-9(11)2-5-12(14)15/h2-5,8H,6-7H2,1H3,(H,14,15)/b5-2+. The number of rotatable bonds is 6. The molecule has 5 heteroatoms. The zero-order valence-electron chi connectivity index (χ0n) is 9.35. The van der Waals surface area contributed by atoms with Crippen LogP contribution in [0.25, 0.3) is 6.08 Å². The predicted octanol–water partition coefficient (Wildman–Crippen LogP) is 3.18. The molecule has 0 spiro atoms. The van der Waals surface area contributed by atoms with Gasteiger partial charge in [-0.15, -0.1) is 0 Å². The first kappa shape index (κ1) is 13.9. The summed E-state index contributed by atoms with van der Waals surface area (Å²) in [5, 5.41) is 9.13. The first-order valence-electron chi connectivity index (χ1n) is 4.96. The topological polar surface area (TPSA) is 46.5 Å². The van der Waals surface area contributed by atoms with Crippen molar-refractivity contribution >= 4 is 35.4 Å². The maximum atomic E-state index is 10.5. The third-order valence-corrected chi connectivity index (χ3v) is 2.73. The van der Waals surface area contributed by atoms with Crippen LogP contribution in [0, 0.1) is 0 Å². The lowest BCUT2D eigenvalue weighted by atomic mass is 10.2. The second-order valence-electron chi connectivity index (χ2n) is 3.19. The van der Waals surface area contributed by atoms with Gasteiger partial charge in [0.1, 0.15) is 5.75 Å². The lowest BCUT2D eigenvalue weighted by molar-refractivity contribution is -0.131. The van der Waals surface area contributed by atoms with Crippen molar-refractivity contribution in [3.05, 3.63) is 34.9 Å². The van der Waals surface area contributed by atoms with Gasteiger partial charge in [-0.1, -0.05) is 11.6 Å². The molecule has 0 saturated heterocycles. The predicted molar refractivity (Wildman–Crippen MR) is 72.0 cm³/mol. The fourth-order valence-electron chi connectivity index (χ4n) is 1.18. The molecular weight excluding hydrogens is 260 g/mol. The van der Waals surface area contributed by atoms with Gasteiger partial charge < -0.3 is 9.84 Å². The van der Waals surface area contributed by atoms with Crippen molar-refractivity contribution in [3.63, 3.8) is 0 Å². The molecule has 17 heavy (non-hydrogen) atoms. The molecule has 0 heterocycles. The summed E-state index contributed by atoms with van der Waals surface area (Å²) in [7, 11) is 0. The molecule has 92 valence electrons. The van der Waals surface area contributed by atoms with Crippen molar-refractivity contribution in [2.75, 3.05) is 18.6 Å². The van der Waals surface area contributed by atoms with Crippen LogP contribution >= 0.6 is 23.4 Å². The number of hydrogen-bond donors (Lipinski definition) is 1. The zero-order chi connectivity index (χ0) is 12.7. The fraction of sp³-hybridized carbons (Fsp3) is 0.250. The summed E-state index contributed by atoms with van der Waals surface area (Å²) in [5.74, 6) is 0.519. The minimum atomic E-state index is -1.000. The van der Waals surface area contributed by atoms with Crippen LogP contribution in [0.5, 0.6) is 5.75 Å². The first-order chi connectivity index (χ1) is 8.13. The number of carbonyl (C=O) groups is 1. The Balaban J connectivity index is 2.83. The zero-order valence-corrected chi connectivity index (χ0v) is 10.9. The minimum absolute atomic E-state index is 0.548. The van der Waals surface area contributed by atoms with Crippen LogP contribution in [-0.2, 0) is 4.79 Å². The molecule has 0 bridgehead atoms. The molecule has 0 unspecified atom stereocenters. The van der Waals surface area contributed by atoms with Crippen molar-refractivity contribution in [1.29, 1.82) is 0 Å². The lowest BCUT2D eigenvalue weighted by Gasteiger charge is -2.08. The van der Waals surface area contributed by atoms with Crippen LogP contribution in [0.1, 0.15) is 5.56 Å². The summed E-state index contributed by atoms with van der Waals surface area (Å²) in [5.41, 5.74) is 0.668. The van der Waals surface area contributed by atoms with Gasteiger partial charge in [-0.05, 0) is 30.5 Å². The van der Waals surface area contributed by atoms with Crippen LogP contribution in [0.15, 0.2) is 24.3 Å². The van der Waals surface area contributed by atoms with Gasteiger partial charge in [0.25, 0.3) is 0 Å². The molecule has 1 rings (SSSR count). The minimum Gasteiger partial charge on any atom is -0.492 e. The third-order valence-electron chi connectivity index (χ3n) is 1.92. The Morgan fingerprint density at radius 3 is 3.00 bits per heavy atom. The normalized spacial score (nSPS) is 10.7. The first-order valence-corrected chi connectivity index (χ1v) is 6.73. The van der Waals surface area contributed by atoms with Crippen molar-refractivity contribution < 1.29 is 14.6 Å². The average Bonchev–Trinajstić information content (AvgIpc) is 2.29. The SMILES string of the molecule is CSCCOc1ccc(Cl)cc1/C=C/C(=O)O. The van der Waals surface area contributed by atoms with E-state index in [1.165, 1.54) is 6.08 Å². The molecule has 3 nitrogen and oxygen atoms in total. The van der Waals surface area contributed by atoms with Crippen molar-refractivity contribution in [3.8, 4) is 5.75 Å². The van der Waals surface area contributed by atoms with Crippen LogP contribution in [0.4, 0.5) is 0 Å². The molecule has 1 aromatic rings. The second kappa shape index (κ2) is 7.25. The number of aliphatic carboxylic acids is 1. The maximum Gasteiger partial charge on any atom is 0.328 e. The number of thioether (sulfide) groups is 1. The van der Waals surface area contributed by atoms with E-state index in [4.69, 9.17) is 21.4 Å². The van der Waals surface area contributed by atoms with Crippen molar-refractivity contribution in [2.45, 2.75) is 0 Å². The largest absolute Gasteiger partial charge is 0.492 e. The summed E-state index contributed by atoms with van der Waals surface area (Å²) >= 11 is 7.54. The highest BCUT2D eigenvalue weighted by atomic mass is 35.5. The number of halogens is 1. The van der Waals surface area contributed by atoms with Gasteiger partial charge in [-0.3, -0.25) is 0 Å². The van der Waals surface area contributed by atoms with E-state index in [1.807, 2.05) is 6.26 Å². The molecule has 1 aromatic carbocycles.